The fourth-order valence-electron chi connectivity index (χ4n) is 4.58. The average molecular weight is 463 g/mol. The molecule has 8 heteroatoms. The molecule has 0 atom stereocenters. The summed E-state index contributed by atoms with van der Waals surface area (Å²) in [4.78, 5) is 49.1. The van der Waals surface area contributed by atoms with Crippen molar-refractivity contribution < 1.29 is 14.3 Å². The second-order valence-corrected chi connectivity index (χ2v) is 8.60. The highest BCUT2D eigenvalue weighted by atomic mass is 16.5. The Balaban J connectivity index is 1.48. The van der Waals surface area contributed by atoms with Crippen molar-refractivity contribution in [3.8, 4) is 0 Å². The van der Waals surface area contributed by atoms with Crippen molar-refractivity contribution in [3.05, 3.63) is 75.8 Å². The second-order valence-electron chi connectivity index (χ2n) is 8.60. The third-order valence-corrected chi connectivity index (χ3v) is 6.33. The van der Waals surface area contributed by atoms with Gasteiger partial charge in [-0.15, -0.1) is 0 Å². The molecule has 0 aliphatic carbocycles. The van der Waals surface area contributed by atoms with Gasteiger partial charge in [-0.3, -0.25) is 14.5 Å². The number of aromatic nitrogens is 2. The van der Waals surface area contributed by atoms with E-state index in [1.807, 2.05) is 35.2 Å². The second kappa shape index (κ2) is 10.6. The Kier molecular flexibility index (Phi) is 7.37. The number of benzene rings is 2. The van der Waals surface area contributed by atoms with Gasteiger partial charge < -0.3 is 14.6 Å². The number of rotatable bonds is 7. The minimum Gasteiger partial charge on any atom is -0.465 e. The molecule has 1 amide bonds. The largest absolute Gasteiger partial charge is 0.465 e. The van der Waals surface area contributed by atoms with Gasteiger partial charge in [-0.05, 0) is 56.1 Å². The van der Waals surface area contributed by atoms with Gasteiger partial charge in [-0.1, -0.05) is 25.1 Å². The lowest BCUT2D eigenvalue weighted by Crippen LogP contribution is -2.47. The molecular formula is C26H30N4O4. The Morgan fingerprint density at radius 2 is 1.85 bits per heavy atom. The van der Waals surface area contributed by atoms with E-state index in [2.05, 4.69) is 21.8 Å². The summed E-state index contributed by atoms with van der Waals surface area (Å²) in [5.41, 5.74) is 1.33. The van der Waals surface area contributed by atoms with Gasteiger partial charge >= 0.3 is 5.97 Å². The van der Waals surface area contributed by atoms with Gasteiger partial charge in [0.15, 0.2) is 0 Å². The van der Waals surface area contributed by atoms with Crippen molar-refractivity contribution in [2.24, 2.45) is 0 Å². The molecule has 0 unspecified atom stereocenters. The molecule has 178 valence electrons. The molecule has 1 N–H and O–H groups in total. The van der Waals surface area contributed by atoms with Crippen molar-refractivity contribution in [3.63, 3.8) is 0 Å². The molecule has 8 nitrogen and oxygen atoms in total. The predicted octanol–water partition coefficient (Wildman–Crippen LogP) is 3.23. The maximum Gasteiger partial charge on any atom is 0.337 e. The number of aromatic amines is 1. The zero-order chi connectivity index (χ0) is 24.1. The number of fused-ring (bicyclic) bond motifs is 1. The van der Waals surface area contributed by atoms with E-state index in [4.69, 9.17) is 4.74 Å². The number of carbonyl (C=O) groups excluding carboxylic acids is 2. The number of esters is 1. The topological polar surface area (TPSA) is 95.6 Å². The van der Waals surface area contributed by atoms with Crippen LogP contribution >= 0.6 is 0 Å². The highest BCUT2D eigenvalue weighted by Crippen LogP contribution is 2.21. The van der Waals surface area contributed by atoms with Gasteiger partial charge in [0.1, 0.15) is 5.82 Å². The van der Waals surface area contributed by atoms with E-state index in [-0.39, 0.29) is 11.5 Å². The first-order chi connectivity index (χ1) is 16.5. The predicted molar refractivity (Wildman–Crippen MR) is 130 cm³/mol. The Morgan fingerprint density at radius 3 is 2.53 bits per heavy atom. The van der Waals surface area contributed by atoms with Crippen LogP contribution in [0.15, 0.2) is 53.3 Å². The molecule has 2 aromatic carbocycles. The van der Waals surface area contributed by atoms with Crippen molar-refractivity contribution in [2.45, 2.75) is 38.8 Å². The van der Waals surface area contributed by atoms with E-state index in [0.29, 0.717) is 48.0 Å². The normalized spacial score (nSPS) is 14.5. The van der Waals surface area contributed by atoms with Crippen LogP contribution in [0.5, 0.6) is 0 Å². The molecule has 0 saturated carbocycles. The molecule has 1 aliphatic heterocycles. The third-order valence-electron chi connectivity index (χ3n) is 6.33. The van der Waals surface area contributed by atoms with E-state index in [1.165, 1.54) is 7.11 Å². The smallest absolute Gasteiger partial charge is 0.337 e. The number of methoxy groups -OCH3 is 1. The lowest BCUT2D eigenvalue weighted by atomic mass is 10.0. The first kappa shape index (κ1) is 23.6. The van der Waals surface area contributed by atoms with Crippen LogP contribution < -0.4 is 5.56 Å². The molecule has 0 bridgehead atoms. The molecule has 0 radical (unpaired) electrons. The number of hydrogen-bond acceptors (Lipinski definition) is 6. The van der Waals surface area contributed by atoms with E-state index >= 15 is 0 Å². The number of piperidine rings is 1. The van der Waals surface area contributed by atoms with Crippen LogP contribution in [0.25, 0.3) is 10.9 Å². The molecule has 4 rings (SSSR count). The van der Waals surface area contributed by atoms with Crippen LogP contribution in [0.1, 0.15) is 52.7 Å². The summed E-state index contributed by atoms with van der Waals surface area (Å²) < 4.78 is 4.79. The quantitative estimate of drug-likeness (QED) is 0.542. The maximum atomic E-state index is 12.8. The van der Waals surface area contributed by atoms with E-state index in [1.54, 1.807) is 18.2 Å². The molecule has 1 saturated heterocycles. The number of H-pyrrole nitrogens is 1. The van der Waals surface area contributed by atoms with Gasteiger partial charge in [0.25, 0.3) is 11.5 Å². The average Bonchev–Trinajstić information content (AvgIpc) is 2.88. The first-order valence-electron chi connectivity index (χ1n) is 11.7. The summed E-state index contributed by atoms with van der Waals surface area (Å²) in [7, 11) is 1.32. The Morgan fingerprint density at radius 1 is 1.12 bits per heavy atom. The van der Waals surface area contributed by atoms with Gasteiger partial charge in [0.05, 0.1) is 30.1 Å². The van der Waals surface area contributed by atoms with Crippen LogP contribution in [-0.2, 0) is 11.3 Å². The van der Waals surface area contributed by atoms with Crippen molar-refractivity contribution in [1.82, 2.24) is 19.8 Å². The minimum absolute atomic E-state index is 0.0722. The highest BCUT2D eigenvalue weighted by Gasteiger charge is 2.27. The van der Waals surface area contributed by atoms with Crippen molar-refractivity contribution in [1.29, 1.82) is 0 Å². The van der Waals surface area contributed by atoms with E-state index in [0.717, 1.165) is 31.4 Å². The van der Waals surface area contributed by atoms with Crippen molar-refractivity contribution >= 4 is 22.8 Å². The molecule has 2 heterocycles. The zero-order valence-corrected chi connectivity index (χ0v) is 19.6. The number of ether oxygens (including phenoxy) is 1. The highest BCUT2D eigenvalue weighted by molar-refractivity contribution is 5.94. The van der Waals surface area contributed by atoms with E-state index in [9.17, 15) is 14.4 Å². The summed E-state index contributed by atoms with van der Waals surface area (Å²) >= 11 is 0. The fourth-order valence-corrected chi connectivity index (χ4v) is 4.58. The van der Waals surface area contributed by atoms with Crippen LogP contribution in [0.3, 0.4) is 0 Å². The Hall–Kier alpha value is -3.52. The number of likely N-dealkylation sites (tertiary alicyclic amines) is 1. The zero-order valence-electron chi connectivity index (χ0n) is 19.6. The number of nitrogens with one attached hydrogen (secondary N) is 1. The summed E-state index contributed by atoms with van der Waals surface area (Å²) in [6.45, 7) is 4.88. The minimum atomic E-state index is -0.463. The number of carbonyl (C=O) groups is 2. The molecule has 1 aromatic heterocycles. The molecular weight excluding hydrogens is 432 g/mol. The first-order valence-corrected chi connectivity index (χ1v) is 11.7. The molecule has 3 aromatic rings. The molecule has 0 spiro atoms. The SMILES string of the molecule is CCCN(Cc1nc2cc(C(=O)OC)ccc2c(=O)[nH]1)C1CCN(C(=O)c2ccccc2)CC1. The Bertz CT molecular complexity index is 1220. The summed E-state index contributed by atoms with van der Waals surface area (Å²) in [5, 5.41) is 0.436. The molecule has 1 fully saturated rings. The summed E-state index contributed by atoms with van der Waals surface area (Å²) in [5.74, 6) is 0.175. The van der Waals surface area contributed by atoms with Crippen LogP contribution in [0, 0.1) is 0 Å². The van der Waals surface area contributed by atoms with Crippen molar-refractivity contribution in [2.75, 3.05) is 26.7 Å². The lowest BCUT2D eigenvalue weighted by Gasteiger charge is -2.38. The van der Waals surface area contributed by atoms with Gasteiger partial charge in [0, 0.05) is 24.7 Å². The van der Waals surface area contributed by atoms with Crippen LogP contribution in [0.4, 0.5) is 0 Å². The van der Waals surface area contributed by atoms with Gasteiger partial charge in [0.2, 0.25) is 0 Å². The maximum absolute atomic E-state index is 12.8. The number of amides is 1. The molecule has 1 aliphatic rings. The molecule has 34 heavy (non-hydrogen) atoms. The van der Waals surface area contributed by atoms with Gasteiger partial charge in [-0.25, -0.2) is 9.78 Å². The van der Waals surface area contributed by atoms with Gasteiger partial charge in [-0.2, -0.15) is 0 Å². The fraction of sp³-hybridized carbons (Fsp3) is 0.385. The summed E-state index contributed by atoms with van der Waals surface area (Å²) in [6, 6.07) is 14.4. The monoisotopic (exact) mass is 462 g/mol. The van der Waals surface area contributed by atoms with Crippen LogP contribution in [-0.4, -0.2) is 64.4 Å². The van der Waals surface area contributed by atoms with Crippen LogP contribution in [0.2, 0.25) is 0 Å². The number of nitrogens with zero attached hydrogens (tertiary/aromatic N) is 3. The number of hydrogen-bond donors (Lipinski definition) is 1. The Labute approximate surface area is 198 Å². The third kappa shape index (κ3) is 5.17. The lowest BCUT2D eigenvalue weighted by molar-refractivity contribution is 0.0595. The van der Waals surface area contributed by atoms with E-state index < -0.39 is 5.97 Å². The summed E-state index contributed by atoms with van der Waals surface area (Å²) in [6.07, 6.45) is 2.69. The standard InChI is InChI=1S/C26H30N4O4/c1-3-13-30(20-11-14-29(15-12-20)25(32)18-7-5-4-6-8-18)17-23-27-22-16-19(26(33)34-2)9-10-21(22)24(31)28-23/h4-10,16,20H,3,11-15,17H2,1-2H3,(H,27,28,31).